The molecule has 7 nitrogen and oxygen atoms in total. The molecule has 15 heavy (non-hydrogen) atoms. The molecule has 0 saturated carbocycles. The summed E-state index contributed by atoms with van der Waals surface area (Å²) in [7, 11) is 0. The summed E-state index contributed by atoms with van der Waals surface area (Å²) in [6.45, 7) is 1.70. The largest absolute Gasteiger partial charge is 0.459 e. The zero-order valence-corrected chi connectivity index (χ0v) is 7.90. The highest BCUT2D eigenvalue weighted by molar-refractivity contribution is 6.37. The third-order valence-electron chi connectivity index (χ3n) is 1.46. The monoisotopic (exact) mass is 208 g/mol. The first-order chi connectivity index (χ1) is 7.19. The van der Waals surface area contributed by atoms with Gasteiger partial charge in [-0.25, -0.2) is 4.79 Å². The van der Waals surface area contributed by atoms with E-state index in [4.69, 9.17) is 5.26 Å². The maximum atomic E-state index is 11.1. The molecule has 1 amide bonds. The van der Waals surface area contributed by atoms with Crippen molar-refractivity contribution in [3.05, 3.63) is 11.8 Å². The number of aromatic amines is 1. The van der Waals surface area contributed by atoms with Crippen molar-refractivity contribution >= 4 is 17.7 Å². The molecule has 78 valence electrons. The van der Waals surface area contributed by atoms with Crippen molar-refractivity contribution in [3.63, 3.8) is 0 Å². The molecule has 0 radical (unpaired) electrons. The molecule has 7 heteroatoms. The van der Waals surface area contributed by atoms with E-state index in [2.05, 4.69) is 20.3 Å². The van der Waals surface area contributed by atoms with Crippen LogP contribution in [0.25, 0.3) is 0 Å². The summed E-state index contributed by atoms with van der Waals surface area (Å²) in [6, 6.07) is 1.79. The van der Waals surface area contributed by atoms with Crippen molar-refractivity contribution in [2.24, 2.45) is 0 Å². The van der Waals surface area contributed by atoms with Gasteiger partial charge in [-0.2, -0.15) is 10.4 Å². The van der Waals surface area contributed by atoms with E-state index in [1.54, 1.807) is 13.0 Å². The van der Waals surface area contributed by atoms with Crippen LogP contribution in [0.3, 0.4) is 0 Å². The van der Waals surface area contributed by atoms with Crippen LogP contribution in [0.5, 0.6) is 0 Å². The molecule has 0 spiro atoms. The van der Waals surface area contributed by atoms with Crippen LogP contribution in [0.2, 0.25) is 0 Å². The number of esters is 1. The number of amides is 1. The lowest BCUT2D eigenvalue weighted by atomic mass is 10.3. The second-order valence-electron chi connectivity index (χ2n) is 2.45. The van der Waals surface area contributed by atoms with Gasteiger partial charge in [-0.05, 0) is 6.92 Å². The molecule has 0 aliphatic rings. The van der Waals surface area contributed by atoms with Gasteiger partial charge in [0.2, 0.25) is 0 Å². The molecule has 2 N–H and O–H groups in total. The number of rotatable bonds is 2. The number of aromatic nitrogens is 2. The Balaban J connectivity index is 2.67. The van der Waals surface area contributed by atoms with Crippen LogP contribution in [-0.2, 0) is 14.3 Å². The number of hydrogen-bond acceptors (Lipinski definition) is 5. The molecule has 1 heterocycles. The first-order valence-corrected chi connectivity index (χ1v) is 4.10. The highest BCUT2D eigenvalue weighted by Gasteiger charge is 2.17. The standard InChI is InChI=1S/C8H8N4O3/c1-2-15-8(14)7(13)11-6-5(3-9)4-10-12-6/h4H,2H2,1H3,(H2,10,11,12,13). The SMILES string of the molecule is CCOC(=O)C(=O)Nc1[nH]ncc1C#N. The summed E-state index contributed by atoms with van der Waals surface area (Å²) in [6.07, 6.45) is 1.24. The Labute approximate surface area is 85.0 Å². The van der Waals surface area contributed by atoms with Crippen molar-refractivity contribution < 1.29 is 14.3 Å². The normalized spacial score (nSPS) is 9.07. The van der Waals surface area contributed by atoms with Crippen molar-refractivity contribution in [2.45, 2.75) is 6.92 Å². The average molecular weight is 208 g/mol. The topological polar surface area (TPSA) is 108 Å². The molecule has 0 saturated heterocycles. The van der Waals surface area contributed by atoms with E-state index in [1.165, 1.54) is 6.20 Å². The molecule has 0 aliphatic heterocycles. The first kappa shape index (κ1) is 10.7. The van der Waals surface area contributed by atoms with Crippen molar-refractivity contribution in [1.82, 2.24) is 10.2 Å². The number of nitriles is 1. The van der Waals surface area contributed by atoms with Crippen molar-refractivity contribution in [1.29, 1.82) is 5.26 Å². The van der Waals surface area contributed by atoms with Gasteiger partial charge >= 0.3 is 11.9 Å². The number of ether oxygens (including phenoxy) is 1. The summed E-state index contributed by atoms with van der Waals surface area (Å²) < 4.78 is 4.46. The van der Waals surface area contributed by atoms with Gasteiger partial charge in [0.15, 0.2) is 0 Å². The molecule has 1 aromatic rings. The van der Waals surface area contributed by atoms with E-state index >= 15 is 0 Å². The van der Waals surface area contributed by atoms with E-state index in [0.717, 1.165) is 0 Å². The summed E-state index contributed by atoms with van der Waals surface area (Å²) >= 11 is 0. The lowest BCUT2D eigenvalue weighted by Crippen LogP contribution is -2.25. The maximum absolute atomic E-state index is 11.1. The summed E-state index contributed by atoms with van der Waals surface area (Å²) in [5.41, 5.74) is 0.146. The smallest absolute Gasteiger partial charge is 0.397 e. The minimum Gasteiger partial charge on any atom is -0.459 e. The van der Waals surface area contributed by atoms with Gasteiger partial charge in [-0.1, -0.05) is 0 Å². The molecular formula is C8H8N4O3. The van der Waals surface area contributed by atoms with Gasteiger partial charge in [0, 0.05) is 0 Å². The summed E-state index contributed by atoms with van der Waals surface area (Å²) in [5.74, 6) is -1.87. The molecule has 0 aliphatic carbocycles. The second-order valence-corrected chi connectivity index (χ2v) is 2.45. The Hall–Kier alpha value is -2.36. The number of carbonyl (C=O) groups is 2. The van der Waals surface area contributed by atoms with E-state index in [-0.39, 0.29) is 18.0 Å². The molecule has 0 unspecified atom stereocenters. The molecule has 0 atom stereocenters. The van der Waals surface area contributed by atoms with Crippen molar-refractivity contribution in [3.8, 4) is 6.07 Å². The number of nitrogens with one attached hydrogen (secondary N) is 2. The number of nitrogens with zero attached hydrogens (tertiary/aromatic N) is 2. The van der Waals surface area contributed by atoms with Gasteiger partial charge in [-0.3, -0.25) is 9.89 Å². The second kappa shape index (κ2) is 4.76. The van der Waals surface area contributed by atoms with Crippen LogP contribution in [0.4, 0.5) is 5.82 Å². The first-order valence-electron chi connectivity index (χ1n) is 4.10. The molecule has 1 aromatic heterocycles. The molecule has 1 rings (SSSR count). The zero-order valence-electron chi connectivity index (χ0n) is 7.90. The predicted octanol–water partition coefficient (Wildman–Crippen LogP) is -0.217. The van der Waals surface area contributed by atoms with Crippen LogP contribution in [0.1, 0.15) is 12.5 Å². The Bertz CT molecular complexity index is 418. The maximum Gasteiger partial charge on any atom is 0.397 e. The third-order valence-corrected chi connectivity index (χ3v) is 1.46. The van der Waals surface area contributed by atoms with Crippen LogP contribution in [-0.4, -0.2) is 28.7 Å². The quantitative estimate of drug-likeness (QED) is 0.516. The van der Waals surface area contributed by atoms with Gasteiger partial charge in [0.05, 0.1) is 12.8 Å². The molecule has 0 bridgehead atoms. The fourth-order valence-electron chi connectivity index (χ4n) is 0.827. The Morgan fingerprint density at radius 2 is 2.47 bits per heavy atom. The zero-order chi connectivity index (χ0) is 11.3. The van der Waals surface area contributed by atoms with Gasteiger partial charge < -0.3 is 10.1 Å². The van der Waals surface area contributed by atoms with Gasteiger partial charge in [0.1, 0.15) is 17.5 Å². The third kappa shape index (κ3) is 2.54. The number of carbonyl (C=O) groups excluding carboxylic acids is 2. The Morgan fingerprint density at radius 1 is 1.73 bits per heavy atom. The van der Waals surface area contributed by atoms with Crippen LogP contribution in [0.15, 0.2) is 6.20 Å². The van der Waals surface area contributed by atoms with Crippen LogP contribution in [0, 0.1) is 11.3 Å². The lowest BCUT2D eigenvalue weighted by Gasteiger charge is -2.01. The van der Waals surface area contributed by atoms with Gasteiger partial charge in [0.25, 0.3) is 0 Å². The fourth-order valence-corrected chi connectivity index (χ4v) is 0.827. The number of hydrogen-bond donors (Lipinski definition) is 2. The highest BCUT2D eigenvalue weighted by atomic mass is 16.5. The van der Waals surface area contributed by atoms with E-state index in [9.17, 15) is 9.59 Å². The summed E-state index contributed by atoms with van der Waals surface area (Å²) in [5, 5.41) is 16.7. The van der Waals surface area contributed by atoms with E-state index in [0.29, 0.717) is 0 Å². The molecular weight excluding hydrogens is 200 g/mol. The molecule has 0 aromatic carbocycles. The predicted molar refractivity (Wildman–Crippen MR) is 48.6 cm³/mol. The average Bonchev–Trinajstić information content (AvgIpc) is 2.65. The fraction of sp³-hybridized carbons (Fsp3) is 0.250. The summed E-state index contributed by atoms with van der Waals surface area (Å²) in [4.78, 5) is 22.0. The highest BCUT2D eigenvalue weighted by Crippen LogP contribution is 2.08. The van der Waals surface area contributed by atoms with Gasteiger partial charge in [-0.15, -0.1) is 0 Å². The Kier molecular flexibility index (Phi) is 3.40. The molecule has 0 fully saturated rings. The minimum absolute atomic E-state index is 0.0792. The van der Waals surface area contributed by atoms with Crippen molar-refractivity contribution in [2.75, 3.05) is 11.9 Å². The number of anilines is 1. The van der Waals surface area contributed by atoms with E-state index in [1.807, 2.05) is 0 Å². The van der Waals surface area contributed by atoms with E-state index < -0.39 is 11.9 Å². The van der Waals surface area contributed by atoms with Crippen LogP contribution >= 0.6 is 0 Å². The minimum atomic E-state index is -1.00. The van der Waals surface area contributed by atoms with Crippen LogP contribution < -0.4 is 5.32 Å². The number of H-pyrrole nitrogens is 1. The Morgan fingerprint density at radius 3 is 3.07 bits per heavy atom. The lowest BCUT2D eigenvalue weighted by molar-refractivity contribution is -0.152.